The van der Waals surface area contributed by atoms with E-state index in [9.17, 15) is 9.59 Å². The minimum absolute atomic E-state index is 0.188. The lowest BCUT2D eigenvalue weighted by molar-refractivity contribution is -0.116. The Kier molecular flexibility index (Phi) is 4.99. The summed E-state index contributed by atoms with van der Waals surface area (Å²) < 4.78 is 10.2. The molecule has 148 valence electrons. The lowest BCUT2D eigenvalue weighted by Crippen LogP contribution is -2.12. The maximum Gasteiger partial charge on any atom is 0.417 e. The minimum Gasteiger partial charge on any atom is -0.408 e. The summed E-state index contributed by atoms with van der Waals surface area (Å²) >= 11 is 0. The maximum atomic E-state index is 12.2. The number of nitrogens with zero attached hydrogens (tertiary/aromatic N) is 2. The molecule has 29 heavy (non-hydrogen) atoms. The fraction of sp³-hybridized carbons (Fsp3) is 0.238. The number of rotatable bonds is 6. The van der Waals surface area contributed by atoms with Gasteiger partial charge in [-0.1, -0.05) is 43.3 Å². The molecule has 4 rings (SSSR count). The lowest BCUT2D eigenvalue weighted by Gasteiger charge is -2.04. The third-order valence-corrected chi connectivity index (χ3v) is 4.57. The zero-order valence-corrected chi connectivity index (χ0v) is 16.1. The average molecular weight is 392 g/mol. The van der Waals surface area contributed by atoms with Crippen molar-refractivity contribution in [1.29, 1.82) is 0 Å². The second-order valence-electron chi connectivity index (χ2n) is 7.06. The van der Waals surface area contributed by atoms with Gasteiger partial charge in [-0.25, -0.2) is 4.79 Å². The second-order valence-corrected chi connectivity index (χ2v) is 7.06. The number of carbonyl (C=O) groups excluding carboxylic acids is 1. The van der Waals surface area contributed by atoms with Gasteiger partial charge in [-0.15, -0.1) is 0 Å². The van der Waals surface area contributed by atoms with Crippen molar-refractivity contribution in [3.63, 3.8) is 0 Å². The molecule has 0 aliphatic rings. The molecule has 4 aromatic rings. The smallest absolute Gasteiger partial charge is 0.408 e. The molecule has 0 saturated carbocycles. The second kappa shape index (κ2) is 7.75. The Balaban J connectivity index is 1.36. The van der Waals surface area contributed by atoms with Crippen molar-refractivity contribution < 1.29 is 13.7 Å². The van der Waals surface area contributed by atoms with Gasteiger partial charge in [0.25, 0.3) is 0 Å². The van der Waals surface area contributed by atoms with Crippen molar-refractivity contribution in [1.82, 2.24) is 15.1 Å². The maximum absolute atomic E-state index is 12.2. The molecule has 0 radical (unpaired) electrons. The van der Waals surface area contributed by atoms with Crippen LogP contribution in [0.3, 0.4) is 0 Å². The third-order valence-electron chi connectivity index (χ3n) is 4.57. The van der Waals surface area contributed by atoms with Crippen molar-refractivity contribution >= 4 is 22.7 Å². The topological polar surface area (TPSA) is 114 Å². The highest BCUT2D eigenvalue weighted by Gasteiger charge is 2.12. The van der Waals surface area contributed by atoms with Crippen LogP contribution in [-0.4, -0.2) is 21.0 Å². The molecule has 2 heterocycles. The van der Waals surface area contributed by atoms with Crippen molar-refractivity contribution in [3.8, 4) is 11.4 Å². The monoisotopic (exact) mass is 392 g/mol. The molecule has 0 spiro atoms. The van der Waals surface area contributed by atoms with Gasteiger partial charge in [0, 0.05) is 24.1 Å². The van der Waals surface area contributed by atoms with Crippen LogP contribution in [0.25, 0.3) is 22.5 Å². The van der Waals surface area contributed by atoms with Crippen LogP contribution < -0.4 is 11.1 Å². The van der Waals surface area contributed by atoms with Gasteiger partial charge in [0.1, 0.15) is 0 Å². The van der Waals surface area contributed by atoms with E-state index in [4.69, 9.17) is 8.94 Å². The van der Waals surface area contributed by atoms with E-state index < -0.39 is 5.76 Å². The Hall–Kier alpha value is -3.68. The van der Waals surface area contributed by atoms with Gasteiger partial charge in [0.05, 0.1) is 5.52 Å². The largest absolute Gasteiger partial charge is 0.417 e. The van der Waals surface area contributed by atoms with Gasteiger partial charge >= 0.3 is 5.76 Å². The molecule has 0 bridgehead atoms. The molecule has 8 nitrogen and oxygen atoms in total. The van der Waals surface area contributed by atoms with Crippen LogP contribution in [0.2, 0.25) is 0 Å². The van der Waals surface area contributed by atoms with Gasteiger partial charge in [0.15, 0.2) is 5.58 Å². The van der Waals surface area contributed by atoms with E-state index in [1.54, 1.807) is 18.2 Å². The number of aryl methyl sites for hydroxylation is 1. The summed E-state index contributed by atoms with van der Waals surface area (Å²) in [6.45, 7) is 4.28. The number of nitrogens with one attached hydrogen (secondary N) is 2. The predicted octanol–water partition coefficient (Wildman–Crippen LogP) is 3.87. The number of hydrogen-bond donors (Lipinski definition) is 2. The summed E-state index contributed by atoms with van der Waals surface area (Å²) in [5.41, 5.74) is 3.64. The Bertz CT molecular complexity index is 1200. The molecule has 1 amide bonds. The highest BCUT2D eigenvalue weighted by Crippen LogP contribution is 2.21. The van der Waals surface area contributed by atoms with E-state index >= 15 is 0 Å². The number of aromatic nitrogens is 3. The van der Waals surface area contributed by atoms with Crippen LogP contribution in [0.1, 0.15) is 37.6 Å². The van der Waals surface area contributed by atoms with E-state index in [1.807, 2.05) is 24.3 Å². The molecule has 0 atom stereocenters. The van der Waals surface area contributed by atoms with E-state index in [1.165, 1.54) is 5.56 Å². The van der Waals surface area contributed by atoms with Gasteiger partial charge in [-0.3, -0.25) is 9.78 Å². The van der Waals surface area contributed by atoms with Crippen LogP contribution in [0.5, 0.6) is 0 Å². The van der Waals surface area contributed by atoms with Gasteiger partial charge in [0.2, 0.25) is 17.6 Å². The zero-order valence-electron chi connectivity index (χ0n) is 16.1. The van der Waals surface area contributed by atoms with Crippen molar-refractivity contribution in [3.05, 3.63) is 64.5 Å². The van der Waals surface area contributed by atoms with Crippen LogP contribution >= 0.6 is 0 Å². The Labute approximate surface area is 165 Å². The fourth-order valence-corrected chi connectivity index (χ4v) is 2.96. The van der Waals surface area contributed by atoms with E-state index in [0.717, 1.165) is 5.56 Å². The van der Waals surface area contributed by atoms with Crippen molar-refractivity contribution in [2.75, 3.05) is 5.32 Å². The molecule has 0 saturated heterocycles. The number of oxazole rings is 1. The number of H-pyrrole nitrogens is 1. The van der Waals surface area contributed by atoms with E-state index in [2.05, 4.69) is 34.3 Å². The molecule has 2 aromatic heterocycles. The number of anilines is 1. The molecule has 2 N–H and O–H groups in total. The summed E-state index contributed by atoms with van der Waals surface area (Å²) in [5.74, 6) is 0.631. The molecule has 0 fully saturated rings. The van der Waals surface area contributed by atoms with Crippen LogP contribution in [0, 0.1) is 0 Å². The van der Waals surface area contributed by atoms with Crippen molar-refractivity contribution in [2.45, 2.75) is 32.6 Å². The van der Waals surface area contributed by atoms with E-state index in [0.29, 0.717) is 40.8 Å². The molecular formula is C21H20N4O4. The summed E-state index contributed by atoms with van der Waals surface area (Å²) in [4.78, 5) is 30.3. The van der Waals surface area contributed by atoms with Gasteiger partial charge in [-0.05, 0) is 29.7 Å². The standard InChI is InChI=1S/C21H20N4O4/c1-12(2)13-3-5-14(6-4-13)20-24-19(29-25-20)10-9-18(26)22-15-7-8-17-16(11-15)23-21(27)28-17/h3-8,11-12H,9-10H2,1-2H3,(H,22,26)(H,23,27). The highest BCUT2D eigenvalue weighted by atomic mass is 16.5. The lowest BCUT2D eigenvalue weighted by atomic mass is 10.0. The number of hydrogen-bond acceptors (Lipinski definition) is 6. The third kappa shape index (κ3) is 4.26. The minimum atomic E-state index is -0.533. The quantitative estimate of drug-likeness (QED) is 0.515. The molecule has 0 aliphatic carbocycles. The number of benzene rings is 2. The van der Waals surface area contributed by atoms with Gasteiger partial charge in [-0.2, -0.15) is 4.98 Å². The Morgan fingerprint density at radius 1 is 1.17 bits per heavy atom. The summed E-state index contributed by atoms with van der Waals surface area (Å²) in [6.07, 6.45) is 0.515. The van der Waals surface area contributed by atoms with E-state index in [-0.39, 0.29) is 12.3 Å². The zero-order chi connectivity index (χ0) is 20.4. The van der Waals surface area contributed by atoms with Crippen LogP contribution in [-0.2, 0) is 11.2 Å². The van der Waals surface area contributed by atoms with Crippen LogP contribution in [0.4, 0.5) is 5.69 Å². The molecular weight excluding hydrogens is 372 g/mol. The molecule has 0 unspecified atom stereocenters. The molecule has 8 heteroatoms. The molecule has 2 aromatic carbocycles. The Morgan fingerprint density at radius 2 is 1.97 bits per heavy atom. The van der Waals surface area contributed by atoms with Gasteiger partial charge < -0.3 is 14.3 Å². The van der Waals surface area contributed by atoms with Crippen molar-refractivity contribution in [2.24, 2.45) is 0 Å². The average Bonchev–Trinajstić information content (AvgIpc) is 3.32. The molecule has 0 aliphatic heterocycles. The normalized spacial score (nSPS) is 11.3. The number of amides is 1. The number of fused-ring (bicyclic) bond motifs is 1. The predicted molar refractivity (Wildman–Crippen MR) is 108 cm³/mol. The summed E-state index contributed by atoms with van der Waals surface area (Å²) in [5, 5.41) is 6.77. The SMILES string of the molecule is CC(C)c1ccc(-c2noc(CCC(=O)Nc3ccc4oc(=O)[nH]c4c3)n2)cc1. The van der Waals surface area contributed by atoms with Crippen LogP contribution in [0.15, 0.2) is 56.2 Å². The number of aromatic amines is 1. The first kappa shape index (κ1) is 18.7. The fourth-order valence-electron chi connectivity index (χ4n) is 2.96. The Morgan fingerprint density at radius 3 is 2.72 bits per heavy atom. The number of carbonyl (C=O) groups is 1. The first-order chi connectivity index (χ1) is 14.0. The first-order valence-corrected chi connectivity index (χ1v) is 9.33. The summed E-state index contributed by atoms with van der Waals surface area (Å²) in [7, 11) is 0. The highest BCUT2D eigenvalue weighted by molar-refractivity contribution is 5.92. The first-order valence-electron chi connectivity index (χ1n) is 9.33. The summed E-state index contributed by atoms with van der Waals surface area (Å²) in [6, 6.07) is 13.0.